The maximum Gasteiger partial charge on any atom is 0.569 e. The summed E-state index contributed by atoms with van der Waals surface area (Å²) in [5.74, 6) is 0.730. The summed E-state index contributed by atoms with van der Waals surface area (Å²) in [5.41, 5.74) is 2.81. The maximum atomic E-state index is 8.53. The van der Waals surface area contributed by atoms with Crippen molar-refractivity contribution in [3.8, 4) is 5.75 Å². The summed E-state index contributed by atoms with van der Waals surface area (Å²) in [7, 11) is 0.735. The minimum atomic E-state index is 0.730. The first-order chi connectivity index (χ1) is 6.90. The lowest BCUT2D eigenvalue weighted by Crippen LogP contribution is -2.01. The Morgan fingerprint density at radius 1 is 1.07 bits per heavy atom. The second-order valence-corrected chi connectivity index (χ2v) is 3.71. The zero-order chi connectivity index (χ0) is 9.80. The van der Waals surface area contributed by atoms with Crippen LogP contribution in [0.1, 0.15) is 30.4 Å². The Labute approximate surface area is 85.2 Å². The molecule has 0 unspecified atom stereocenters. The van der Waals surface area contributed by atoms with Crippen LogP contribution >= 0.6 is 0 Å². The first-order valence-corrected chi connectivity index (χ1v) is 5.14. The molecular formula is C11H14BO2. The lowest BCUT2D eigenvalue weighted by molar-refractivity contribution is 0.453. The van der Waals surface area contributed by atoms with E-state index in [0.29, 0.717) is 0 Å². The highest BCUT2D eigenvalue weighted by Crippen LogP contribution is 2.24. The summed E-state index contributed by atoms with van der Waals surface area (Å²) in [6.45, 7) is 0. The molecule has 1 radical (unpaired) electrons. The van der Waals surface area contributed by atoms with Crippen LogP contribution in [0, 0.1) is 0 Å². The molecule has 0 saturated heterocycles. The van der Waals surface area contributed by atoms with Crippen molar-refractivity contribution in [2.75, 3.05) is 0 Å². The van der Waals surface area contributed by atoms with Gasteiger partial charge in [-0.05, 0) is 48.9 Å². The fourth-order valence-electron chi connectivity index (χ4n) is 2.02. The molecule has 2 rings (SSSR count). The van der Waals surface area contributed by atoms with Gasteiger partial charge in [0.1, 0.15) is 5.75 Å². The van der Waals surface area contributed by atoms with Gasteiger partial charge >= 0.3 is 7.69 Å². The standard InChI is InChI=1S/C11H14BO2/c13-12-14-11-7-6-9-4-2-1-3-5-10(9)8-11/h6-8,13H,1-5H2. The second-order valence-electron chi connectivity index (χ2n) is 3.71. The van der Waals surface area contributed by atoms with E-state index in [9.17, 15) is 0 Å². The topological polar surface area (TPSA) is 29.5 Å². The molecule has 0 heterocycles. The van der Waals surface area contributed by atoms with Crippen LogP contribution in [0.15, 0.2) is 18.2 Å². The van der Waals surface area contributed by atoms with E-state index in [0.717, 1.165) is 19.9 Å². The molecule has 0 aliphatic heterocycles. The van der Waals surface area contributed by atoms with Crippen LogP contribution in [0.5, 0.6) is 5.75 Å². The molecule has 0 atom stereocenters. The Balaban J connectivity index is 2.23. The third kappa shape index (κ3) is 2.10. The van der Waals surface area contributed by atoms with E-state index in [1.807, 2.05) is 12.1 Å². The van der Waals surface area contributed by atoms with Crippen LogP contribution in [-0.4, -0.2) is 12.7 Å². The highest BCUT2D eigenvalue weighted by Gasteiger charge is 2.08. The van der Waals surface area contributed by atoms with Gasteiger partial charge in [-0.25, -0.2) is 0 Å². The van der Waals surface area contributed by atoms with E-state index in [2.05, 4.69) is 6.07 Å². The molecule has 1 aromatic rings. The number of hydrogen-bond donors (Lipinski definition) is 1. The molecule has 0 aromatic heterocycles. The predicted octanol–water partition coefficient (Wildman–Crippen LogP) is 1.86. The van der Waals surface area contributed by atoms with Gasteiger partial charge in [-0.3, -0.25) is 0 Å². The van der Waals surface area contributed by atoms with Gasteiger partial charge in [0.25, 0.3) is 0 Å². The molecule has 2 nitrogen and oxygen atoms in total. The zero-order valence-corrected chi connectivity index (χ0v) is 8.20. The summed E-state index contributed by atoms with van der Waals surface area (Å²) in [5, 5.41) is 8.53. The second kappa shape index (κ2) is 4.51. The van der Waals surface area contributed by atoms with E-state index >= 15 is 0 Å². The fourth-order valence-corrected chi connectivity index (χ4v) is 2.02. The first-order valence-electron chi connectivity index (χ1n) is 5.14. The van der Waals surface area contributed by atoms with Crippen molar-refractivity contribution in [1.29, 1.82) is 0 Å². The molecule has 1 aliphatic rings. The van der Waals surface area contributed by atoms with Crippen LogP contribution in [-0.2, 0) is 12.8 Å². The Hall–Kier alpha value is -0.955. The summed E-state index contributed by atoms with van der Waals surface area (Å²) in [4.78, 5) is 0. The van der Waals surface area contributed by atoms with Crippen LogP contribution in [0.2, 0.25) is 0 Å². The SMILES string of the molecule is O[B]Oc1ccc2c(c1)CCCCC2. The van der Waals surface area contributed by atoms with E-state index in [-0.39, 0.29) is 0 Å². The van der Waals surface area contributed by atoms with Crippen molar-refractivity contribution in [2.24, 2.45) is 0 Å². The van der Waals surface area contributed by atoms with Gasteiger partial charge < -0.3 is 9.68 Å². The summed E-state index contributed by atoms with van der Waals surface area (Å²) < 4.78 is 4.94. The van der Waals surface area contributed by atoms with Crippen molar-refractivity contribution >= 4 is 7.69 Å². The third-order valence-corrected chi connectivity index (χ3v) is 2.76. The molecule has 0 saturated carbocycles. The van der Waals surface area contributed by atoms with E-state index in [1.54, 1.807) is 0 Å². The monoisotopic (exact) mass is 189 g/mol. The fraction of sp³-hybridized carbons (Fsp3) is 0.455. The summed E-state index contributed by atoms with van der Waals surface area (Å²) >= 11 is 0. The highest BCUT2D eigenvalue weighted by atomic mass is 16.5. The lowest BCUT2D eigenvalue weighted by atomic mass is 10.0. The number of benzene rings is 1. The molecule has 73 valence electrons. The van der Waals surface area contributed by atoms with Crippen LogP contribution < -0.4 is 4.65 Å². The summed E-state index contributed by atoms with van der Waals surface area (Å²) in [6.07, 6.45) is 6.19. The molecule has 0 amide bonds. The van der Waals surface area contributed by atoms with Crippen LogP contribution in [0.25, 0.3) is 0 Å². The molecule has 0 spiro atoms. The Kier molecular flexibility index (Phi) is 3.09. The highest BCUT2D eigenvalue weighted by molar-refractivity contribution is 6.17. The van der Waals surface area contributed by atoms with Gasteiger partial charge in [-0.15, -0.1) is 0 Å². The Bertz CT molecular complexity index is 312. The normalized spacial score (nSPS) is 15.5. The van der Waals surface area contributed by atoms with Gasteiger partial charge in [0, 0.05) is 0 Å². The molecule has 0 fully saturated rings. The molecule has 0 bridgehead atoms. The van der Waals surface area contributed by atoms with E-state index in [4.69, 9.17) is 9.68 Å². The number of fused-ring (bicyclic) bond motifs is 1. The first kappa shape index (κ1) is 9.59. The maximum absolute atomic E-state index is 8.53. The quantitative estimate of drug-likeness (QED) is 0.568. The van der Waals surface area contributed by atoms with E-state index in [1.165, 1.54) is 36.8 Å². The molecule has 1 aromatic carbocycles. The van der Waals surface area contributed by atoms with Crippen molar-refractivity contribution in [1.82, 2.24) is 0 Å². The van der Waals surface area contributed by atoms with E-state index < -0.39 is 0 Å². The smallest absolute Gasteiger partial charge is 0.537 e. The minimum Gasteiger partial charge on any atom is -0.537 e. The molecule has 3 heteroatoms. The number of rotatable bonds is 2. The van der Waals surface area contributed by atoms with Gasteiger partial charge in [0.05, 0.1) is 0 Å². The largest absolute Gasteiger partial charge is 0.569 e. The molecule has 1 N–H and O–H groups in total. The Morgan fingerprint density at radius 3 is 2.64 bits per heavy atom. The predicted molar refractivity (Wildman–Crippen MR) is 56.3 cm³/mol. The van der Waals surface area contributed by atoms with Crippen molar-refractivity contribution < 1.29 is 9.68 Å². The molecule has 1 aliphatic carbocycles. The lowest BCUT2D eigenvalue weighted by Gasteiger charge is -2.08. The average molecular weight is 189 g/mol. The minimum absolute atomic E-state index is 0.730. The van der Waals surface area contributed by atoms with Crippen LogP contribution in [0.3, 0.4) is 0 Å². The summed E-state index contributed by atoms with van der Waals surface area (Å²) in [6, 6.07) is 6.06. The third-order valence-electron chi connectivity index (χ3n) is 2.76. The van der Waals surface area contributed by atoms with Crippen LogP contribution in [0.4, 0.5) is 0 Å². The molecular weight excluding hydrogens is 175 g/mol. The number of hydrogen-bond acceptors (Lipinski definition) is 2. The molecule has 14 heavy (non-hydrogen) atoms. The zero-order valence-electron chi connectivity index (χ0n) is 8.20. The van der Waals surface area contributed by atoms with Crippen molar-refractivity contribution in [3.05, 3.63) is 29.3 Å². The van der Waals surface area contributed by atoms with Gasteiger partial charge in [0.2, 0.25) is 0 Å². The van der Waals surface area contributed by atoms with Crippen molar-refractivity contribution in [3.63, 3.8) is 0 Å². The number of aryl methyl sites for hydroxylation is 2. The van der Waals surface area contributed by atoms with Gasteiger partial charge in [-0.1, -0.05) is 12.5 Å². The van der Waals surface area contributed by atoms with Crippen molar-refractivity contribution in [2.45, 2.75) is 32.1 Å². The van der Waals surface area contributed by atoms with Gasteiger partial charge in [0.15, 0.2) is 0 Å². The van der Waals surface area contributed by atoms with Gasteiger partial charge in [-0.2, -0.15) is 0 Å². The average Bonchev–Trinajstić information content (AvgIpc) is 2.42. The Morgan fingerprint density at radius 2 is 1.86 bits per heavy atom.